The Labute approximate surface area is 260 Å². The Morgan fingerprint density at radius 1 is 1.04 bits per heavy atom. The van der Waals surface area contributed by atoms with E-state index in [1.54, 1.807) is 20.8 Å². The first-order valence-electron chi connectivity index (χ1n) is 13.6. The summed E-state index contributed by atoms with van der Waals surface area (Å²) in [6, 6.07) is 5.45. The maximum atomic E-state index is 14.6. The van der Waals surface area contributed by atoms with Gasteiger partial charge in [0.2, 0.25) is 5.88 Å². The van der Waals surface area contributed by atoms with E-state index >= 15 is 0 Å². The molecule has 0 saturated carbocycles. The van der Waals surface area contributed by atoms with Crippen molar-refractivity contribution in [2.75, 3.05) is 19.5 Å². The van der Waals surface area contributed by atoms with Gasteiger partial charge in [0.25, 0.3) is 5.69 Å². The molecule has 1 unspecified atom stereocenters. The van der Waals surface area contributed by atoms with Crippen molar-refractivity contribution >= 4 is 29.1 Å². The number of hydrogen-bond acceptors (Lipinski definition) is 9. The molecule has 248 valence electrons. The average Bonchev–Trinajstić information content (AvgIpc) is 2.95. The van der Waals surface area contributed by atoms with E-state index in [0.29, 0.717) is 12.1 Å². The molecule has 1 heterocycles. The highest BCUT2D eigenvalue weighted by molar-refractivity contribution is 5.97. The molecule has 1 atom stereocenters. The summed E-state index contributed by atoms with van der Waals surface area (Å²) in [5, 5.41) is 14.3. The van der Waals surface area contributed by atoms with Crippen molar-refractivity contribution in [1.82, 2.24) is 9.88 Å². The second-order valence-corrected chi connectivity index (χ2v) is 11.0. The van der Waals surface area contributed by atoms with Crippen LogP contribution in [0.5, 0.6) is 5.88 Å². The summed E-state index contributed by atoms with van der Waals surface area (Å²) in [5.41, 5.74) is -4.22. The number of nitrogens with one attached hydrogen (secondary N) is 1. The van der Waals surface area contributed by atoms with Crippen LogP contribution in [0.15, 0.2) is 42.5 Å². The fourth-order valence-corrected chi connectivity index (χ4v) is 4.33. The lowest BCUT2D eigenvalue weighted by molar-refractivity contribution is -0.386. The number of amides is 1. The summed E-state index contributed by atoms with van der Waals surface area (Å²) in [4.78, 5) is 42.1. The second kappa shape index (κ2) is 14.0. The zero-order chi connectivity index (χ0) is 34.6. The molecule has 0 aliphatic carbocycles. The number of rotatable bonds is 10. The van der Waals surface area contributed by atoms with Gasteiger partial charge in [0, 0.05) is 30.3 Å². The molecule has 2 aromatic carbocycles. The van der Waals surface area contributed by atoms with Crippen LogP contribution >= 0.6 is 0 Å². The first kappa shape index (κ1) is 35.5. The number of halogens is 5. The van der Waals surface area contributed by atoms with Crippen molar-refractivity contribution in [3.05, 3.63) is 86.6 Å². The van der Waals surface area contributed by atoms with Crippen LogP contribution < -0.4 is 10.1 Å². The lowest BCUT2D eigenvalue weighted by atomic mass is 10.0. The van der Waals surface area contributed by atoms with Crippen molar-refractivity contribution in [3.8, 4) is 5.88 Å². The molecule has 0 spiro atoms. The number of anilines is 2. The number of benzene rings is 2. The number of carbonyl (C=O) groups excluding carboxylic acids is 2. The highest BCUT2D eigenvalue weighted by atomic mass is 19.4. The van der Waals surface area contributed by atoms with E-state index < -0.39 is 69.8 Å². The molecule has 46 heavy (non-hydrogen) atoms. The smallest absolute Gasteiger partial charge is 0.419 e. The van der Waals surface area contributed by atoms with Gasteiger partial charge in [-0.1, -0.05) is 0 Å². The van der Waals surface area contributed by atoms with Crippen LogP contribution in [0.1, 0.15) is 54.9 Å². The van der Waals surface area contributed by atoms with Gasteiger partial charge in [-0.3, -0.25) is 10.1 Å². The van der Waals surface area contributed by atoms with Gasteiger partial charge in [-0.25, -0.2) is 23.4 Å². The molecular formula is C30H31F5N4O7. The van der Waals surface area contributed by atoms with Gasteiger partial charge in [-0.05, 0) is 63.6 Å². The van der Waals surface area contributed by atoms with Crippen molar-refractivity contribution < 1.29 is 50.7 Å². The van der Waals surface area contributed by atoms with Gasteiger partial charge in [0.05, 0.1) is 42.5 Å². The molecule has 1 N–H and O–H groups in total. The first-order valence-corrected chi connectivity index (χ1v) is 13.6. The number of aromatic nitrogens is 1. The quantitative estimate of drug-likeness (QED) is 0.104. The van der Waals surface area contributed by atoms with Gasteiger partial charge in [-0.2, -0.15) is 13.2 Å². The highest BCUT2D eigenvalue weighted by Crippen LogP contribution is 2.37. The zero-order valence-corrected chi connectivity index (χ0v) is 25.6. The Kier molecular flexibility index (Phi) is 10.8. The SMILES string of the molecule is COC(=O)c1cc(F)c(C(F)(F)F)cc1Nc1ccc(F)cc1CN(C(=O)OC(C)(C)C)C(C)Cc1nc(OC)ccc1[N+](=O)[O-]. The number of nitrogens with zero attached hydrogens (tertiary/aromatic N) is 3. The van der Waals surface area contributed by atoms with Crippen LogP contribution in [-0.2, 0) is 28.6 Å². The standard InChI is InChI=1S/C30H31F5N4O7/c1-16(11-24-25(39(42)43)9-10-26(37-24)44-5)38(28(41)46-29(2,3)4)15-17-12-18(31)7-8-22(17)36-23-14-20(30(33,34)35)21(32)13-19(23)27(40)45-6/h7-10,12-14,16,36H,11,15H2,1-6H3. The van der Waals surface area contributed by atoms with E-state index in [0.717, 1.165) is 30.2 Å². The van der Waals surface area contributed by atoms with Crippen LogP contribution in [0.4, 0.5) is 43.8 Å². The van der Waals surface area contributed by atoms with Gasteiger partial charge in [0.15, 0.2) is 0 Å². The maximum Gasteiger partial charge on any atom is 0.419 e. The molecule has 16 heteroatoms. The monoisotopic (exact) mass is 654 g/mol. The normalized spacial score (nSPS) is 12.2. The summed E-state index contributed by atoms with van der Waals surface area (Å²) < 4.78 is 84.8. The van der Waals surface area contributed by atoms with Gasteiger partial charge in [0.1, 0.15) is 22.9 Å². The number of hydrogen-bond donors (Lipinski definition) is 1. The molecule has 1 amide bonds. The third-order valence-electron chi connectivity index (χ3n) is 6.47. The zero-order valence-electron chi connectivity index (χ0n) is 25.6. The minimum absolute atomic E-state index is 0.000454. The van der Waals surface area contributed by atoms with E-state index in [1.807, 2.05) is 0 Å². The summed E-state index contributed by atoms with van der Waals surface area (Å²) in [6.07, 6.45) is -6.22. The number of pyridine rings is 1. The predicted molar refractivity (Wildman–Crippen MR) is 155 cm³/mol. The first-order chi connectivity index (χ1) is 21.3. The Hall–Kier alpha value is -5.02. The Balaban J connectivity index is 2.11. The molecule has 0 bridgehead atoms. The van der Waals surface area contributed by atoms with Crippen molar-refractivity contribution in [2.45, 2.75) is 58.5 Å². The predicted octanol–water partition coefficient (Wildman–Crippen LogP) is 7.19. The number of alkyl halides is 3. The van der Waals surface area contributed by atoms with Crippen LogP contribution in [-0.4, -0.2) is 52.7 Å². The third kappa shape index (κ3) is 8.79. The van der Waals surface area contributed by atoms with Crippen LogP contribution in [0.25, 0.3) is 0 Å². The molecule has 0 aliphatic heterocycles. The highest BCUT2D eigenvalue weighted by Gasteiger charge is 2.36. The summed E-state index contributed by atoms with van der Waals surface area (Å²) >= 11 is 0. The van der Waals surface area contributed by atoms with Crippen LogP contribution in [0.2, 0.25) is 0 Å². The number of nitro groups is 1. The fourth-order valence-electron chi connectivity index (χ4n) is 4.33. The Morgan fingerprint density at radius 2 is 1.72 bits per heavy atom. The fraction of sp³-hybridized carbons (Fsp3) is 0.367. The van der Waals surface area contributed by atoms with Crippen LogP contribution in [0.3, 0.4) is 0 Å². The molecule has 0 aliphatic rings. The van der Waals surface area contributed by atoms with Gasteiger partial charge in [-0.15, -0.1) is 0 Å². The van der Waals surface area contributed by atoms with Gasteiger partial charge >= 0.3 is 18.2 Å². The molecule has 0 saturated heterocycles. The number of carbonyl (C=O) groups is 2. The Bertz CT molecular complexity index is 1630. The molecule has 11 nitrogen and oxygen atoms in total. The lowest BCUT2D eigenvalue weighted by Crippen LogP contribution is -2.43. The van der Waals surface area contributed by atoms with Crippen molar-refractivity contribution in [1.29, 1.82) is 0 Å². The van der Waals surface area contributed by atoms with E-state index in [2.05, 4.69) is 15.0 Å². The maximum absolute atomic E-state index is 14.6. The number of methoxy groups -OCH3 is 2. The third-order valence-corrected chi connectivity index (χ3v) is 6.47. The minimum atomic E-state index is -5.12. The molecular weight excluding hydrogens is 623 g/mol. The van der Waals surface area contributed by atoms with Crippen molar-refractivity contribution in [3.63, 3.8) is 0 Å². The van der Waals surface area contributed by atoms with E-state index in [9.17, 15) is 41.7 Å². The van der Waals surface area contributed by atoms with E-state index in [4.69, 9.17) is 9.47 Å². The molecule has 0 fully saturated rings. The average molecular weight is 655 g/mol. The lowest BCUT2D eigenvalue weighted by Gasteiger charge is -2.32. The summed E-state index contributed by atoms with van der Waals surface area (Å²) in [7, 11) is 2.27. The number of esters is 1. The topological polar surface area (TPSA) is 133 Å². The van der Waals surface area contributed by atoms with E-state index in [1.165, 1.54) is 26.2 Å². The molecule has 3 aromatic rings. The van der Waals surface area contributed by atoms with Crippen LogP contribution in [0, 0.1) is 21.7 Å². The van der Waals surface area contributed by atoms with Crippen molar-refractivity contribution in [2.24, 2.45) is 0 Å². The largest absolute Gasteiger partial charge is 0.481 e. The second-order valence-electron chi connectivity index (χ2n) is 11.0. The number of ether oxygens (including phenoxy) is 3. The summed E-state index contributed by atoms with van der Waals surface area (Å²) in [5.74, 6) is -3.59. The molecule has 0 radical (unpaired) electrons. The summed E-state index contributed by atoms with van der Waals surface area (Å²) in [6.45, 7) is 5.89. The minimum Gasteiger partial charge on any atom is -0.481 e. The molecule has 1 aromatic heterocycles. The van der Waals surface area contributed by atoms with Gasteiger partial charge < -0.3 is 24.4 Å². The Morgan fingerprint density at radius 3 is 2.28 bits per heavy atom. The molecule has 3 rings (SSSR count). The van der Waals surface area contributed by atoms with E-state index in [-0.39, 0.29) is 34.9 Å².